The van der Waals surface area contributed by atoms with Crippen LogP contribution in [0.15, 0.2) is 79.1 Å². The van der Waals surface area contributed by atoms with Gasteiger partial charge in [-0.2, -0.15) is 0 Å². The monoisotopic (exact) mass is 689 g/mol. The van der Waals surface area contributed by atoms with E-state index in [1.54, 1.807) is 19.5 Å². The van der Waals surface area contributed by atoms with E-state index in [-0.39, 0.29) is 5.75 Å². The quantitative estimate of drug-likeness (QED) is 0.182. The van der Waals surface area contributed by atoms with Gasteiger partial charge in [-0.25, -0.2) is 19.9 Å². The van der Waals surface area contributed by atoms with Crippen LogP contribution >= 0.6 is 0 Å². The molecule has 0 spiro atoms. The molecule has 258 valence electrons. The Kier molecular flexibility index (Phi) is 8.32. The van der Waals surface area contributed by atoms with E-state index in [9.17, 15) is 13.2 Å². The van der Waals surface area contributed by atoms with E-state index in [0.717, 1.165) is 73.1 Å². The van der Waals surface area contributed by atoms with Gasteiger partial charge in [0.1, 0.15) is 23.1 Å². The predicted molar refractivity (Wildman–Crippen MR) is 191 cm³/mol. The number of aromatic nitrogens is 7. The first-order valence-corrected chi connectivity index (χ1v) is 16.2. The summed E-state index contributed by atoms with van der Waals surface area (Å²) in [5.41, 5.74) is 12.3. The van der Waals surface area contributed by atoms with Gasteiger partial charge in [-0.1, -0.05) is 24.3 Å². The third kappa shape index (κ3) is 6.07. The molecule has 12 heteroatoms. The van der Waals surface area contributed by atoms with Gasteiger partial charge in [0.2, 0.25) is 0 Å². The number of benzene rings is 3. The number of halogens is 3. The van der Waals surface area contributed by atoms with E-state index >= 15 is 0 Å². The van der Waals surface area contributed by atoms with Crippen LogP contribution < -0.4 is 9.47 Å². The number of hydrogen-bond donors (Lipinski definition) is 0. The maximum atomic E-state index is 12.7. The second-order valence-corrected chi connectivity index (χ2v) is 12.4. The second-order valence-electron chi connectivity index (χ2n) is 12.4. The van der Waals surface area contributed by atoms with Crippen LogP contribution in [0.3, 0.4) is 0 Å². The molecule has 0 bridgehead atoms. The lowest BCUT2D eigenvalue weighted by Crippen LogP contribution is -2.17. The molecule has 0 amide bonds. The van der Waals surface area contributed by atoms with Gasteiger partial charge >= 0.3 is 6.36 Å². The molecule has 0 radical (unpaired) electrons. The highest BCUT2D eigenvalue weighted by atomic mass is 19.4. The fourth-order valence-corrected chi connectivity index (χ4v) is 6.60. The highest BCUT2D eigenvalue weighted by Gasteiger charge is 2.31. The lowest BCUT2D eigenvalue weighted by atomic mass is 10.1. The molecule has 8 rings (SSSR count). The van der Waals surface area contributed by atoms with E-state index in [2.05, 4.69) is 55.3 Å². The molecule has 0 aliphatic heterocycles. The summed E-state index contributed by atoms with van der Waals surface area (Å²) in [7, 11) is 1.68. The maximum Gasteiger partial charge on any atom is 0.573 e. The van der Waals surface area contributed by atoms with E-state index in [1.165, 1.54) is 23.8 Å². The van der Waals surface area contributed by atoms with Crippen molar-refractivity contribution in [1.29, 1.82) is 0 Å². The van der Waals surface area contributed by atoms with Crippen LogP contribution in [0.5, 0.6) is 11.5 Å². The Morgan fingerprint density at radius 2 is 1.10 bits per heavy atom. The SMILES string of the molecule is COc1ccc2nc(C)c3c(C)nc(-c4ccccc4C)n3c2c1.Cc1ccncc1-c1nc(C)c2c(C)nc3ccc(OC(F)(F)F)cc3n12. The Hall–Kier alpha value is -6.04. The van der Waals surface area contributed by atoms with Crippen molar-refractivity contribution in [3.8, 4) is 34.3 Å². The molecular formula is C39H34F3N7O2. The van der Waals surface area contributed by atoms with Gasteiger partial charge in [0.05, 0.1) is 63.0 Å². The van der Waals surface area contributed by atoms with Crippen molar-refractivity contribution in [3.63, 3.8) is 0 Å². The normalized spacial score (nSPS) is 11.7. The van der Waals surface area contributed by atoms with Crippen LogP contribution in [0.1, 0.15) is 33.9 Å². The molecule has 0 N–H and O–H groups in total. The number of alkyl halides is 3. The van der Waals surface area contributed by atoms with E-state index in [0.29, 0.717) is 16.9 Å². The summed E-state index contributed by atoms with van der Waals surface area (Å²) in [6.45, 7) is 11.8. The first-order valence-electron chi connectivity index (χ1n) is 16.2. The zero-order valence-corrected chi connectivity index (χ0v) is 29.1. The van der Waals surface area contributed by atoms with Crippen LogP contribution in [0.25, 0.3) is 55.9 Å². The van der Waals surface area contributed by atoms with Crippen LogP contribution in [0.2, 0.25) is 0 Å². The number of rotatable bonds is 4. The zero-order chi connectivity index (χ0) is 36.2. The molecule has 3 aromatic carbocycles. The number of aryl methyl sites for hydroxylation is 6. The topological polar surface area (TPSA) is 91.7 Å². The van der Waals surface area contributed by atoms with Gasteiger partial charge < -0.3 is 9.47 Å². The van der Waals surface area contributed by atoms with E-state index in [1.807, 2.05) is 63.3 Å². The summed E-state index contributed by atoms with van der Waals surface area (Å²) >= 11 is 0. The third-order valence-corrected chi connectivity index (χ3v) is 8.88. The molecule has 8 aromatic rings. The predicted octanol–water partition coefficient (Wildman–Crippen LogP) is 9.25. The summed E-state index contributed by atoms with van der Waals surface area (Å²) in [4.78, 5) is 23.0. The number of imidazole rings is 2. The van der Waals surface area contributed by atoms with Gasteiger partial charge in [0.15, 0.2) is 0 Å². The molecule has 0 unspecified atom stereocenters. The molecular weight excluding hydrogens is 655 g/mol. The summed E-state index contributed by atoms with van der Waals surface area (Å²) in [6.07, 6.45) is -1.39. The van der Waals surface area contributed by atoms with Gasteiger partial charge in [-0.05, 0) is 83.0 Å². The molecule has 0 saturated carbocycles. The van der Waals surface area contributed by atoms with Crippen molar-refractivity contribution in [1.82, 2.24) is 33.7 Å². The van der Waals surface area contributed by atoms with Crippen LogP contribution in [0.4, 0.5) is 13.2 Å². The molecule has 0 aliphatic rings. The Labute approximate surface area is 291 Å². The lowest BCUT2D eigenvalue weighted by Gasteiger charge is -2.12. The first-order chi connectivity index (χ1) is 24.3. The van der Waals surface area contributed by atoms with Crippen molar-refractivity contribution in [3.05, 3.63) is 113 Å². The van der Waals surface area contributed by atoms with E-state index in [4.69, 9.17) is 14.7 Å². The molecule has 5 aromatic heterocycles. The standard InChI is InChI=1S/C20H19N3O.C19H15F3N4O/c1-12-7-5-6-8-16(12)20-22-14(3)19-13(2)21-17-10-9-15(24-4)11-18(17)23(19)20;1-10-6-7-23-9-14(10)18-25-12(3)17-11(2)24-15-5-4-13(27-19(20,21)22)8-16(15)26(17)18/h5-11H,1-4H3;4-9H,1-3H3. The summed E-state index contributed by atoms with van der Waals surface area (Å²) in [5.74, 6) is 2.07. The molecule has 0 aliphatic carbocycles. The Bertz CT molecular complexity index is 2630. The van der Waals surface area contributed by atoms with Crippen molar-refractivity contribution in [2.45, 2.75) is 47.9 Å². The molecule has 0 fully saturated rings. The Morgan fingerprint density at radius 3 is 1.65 bits per heavy atom. The van der Waals surface area contributed by atoms with Crippen molar-refractivity contribution < 1.29 is 22.6 Å². The first kappa shape index (κ1) is 33.5. The molecule has 0 saturated heterocycles. The van der Waals surface area contributed by atoms with Crippen LogP contribution in [0, 0.1) is 41.5 Å². The van der Waals surface area contributed by atoms with Crippen molar-refractivity contribution >= 4 is 33.1 Å². The van der Waals surface area contributed by atoms with Crippen LogP contribution in [-0.4, -0.2) is 47.2 Å². The average molecular weight is 690 g/mol. The van der Waals surface area contributed by atoms with Crippen molar-refractivity contribution in [2.75, 3.05) is 7.11 Å². The average Bonchev–Trinajstić information content (AvgIpc) is 3.63. The smallest absolute Gasteiger partial charge is 0.497 e. The minimum Gasteiger partial charge on any atom is -0.497 e. The molecule has 51 heavy (non-hydrogen) atoms. The summed E-state index contributed by atoms with van der Waals surface area (Å²) < 4.78 is 51.5. The summed E-state index contributed by atoms with van der Waals surface area (Å²) in [5, 5.41) is 0. The highest BCUT2D eigenvalue weighted by molar-refractivity contribution is 5.86. The van der Waals surface area contributed by atoms with Gasteiger partial charge in [0, 0.05) is 35.7 Å². The number of hydrogen-bond acceptors (Lipinski definition) is 7. The maximum absolute atomic E-state index is 12.7. The van der Waals surface area contributed by atoms with Gasteiger partial charge in [-0.3, -0.25) is 13.8 Å². The summed E-state index contributed by atoms with van der Waals surface area (Å²) in [6, 6.07) is 20.3. The number of nitrogens with zero attached hydrogens (tertiary/aromatic N) is 7. The zero-order valence-electron chi connectivity index (χ0n) is 29.1. The number of ether oxygens (including phenoxy) is 2. The van der Waals surface area contributed by atoms with Gasteiger partial charge in [-0.15, -0.1) is 13.2 Å². The second kappa shape index (κ2) is 12.7. The molecule has 0 atom stereocenters. The Balaban J connectivity index is 0.000000160. The number of fused-ring (bicyclic) bond motifs is 6. The van der Waals surface area contributed by atoms with Gasteiger partial charge in [0.25, 0.3) is 0 Å². The number of methoxy groups -OCH3 is 1. The minimum absolute atomic E-state index is 0.304. The molecule has 9 nitrogen and oxygen atoms in total. The third-order valence-electron chi connectivity index (χ3n) is 8.88. The van der Waals surface area contributed by atoms with Crippen molar-refractivity contribution in [2.24, 2.45) is 0 Å². The highest BCUT2D eigenvalue weighted by Crippen LogP contribution is 2.34. The Morgan fingerprint density at radius 1 is 0.588 bits per heavy atom. The largest absolute Gasteiger partial charge is 0.573 e. The number of pyridine rings is 1. The molecule has 5 heterocycles. The van der Waals surface area contributed by atoms with Crippen LogP contribution in [-0.2, 0) is 0 Å². The van der Waals surface area contributed by atoms with E-state index < -0.39 is 6.36 Å². The minimum atomic E-state index is -4.77. The fourth-order valence-electron chi connectivity index (χ4n) is 6.60. The fraction of sp³-hybridized carbons (Fsp3) is 0.205. The lowest BCUT2D eigenvalue weighted by molar-refractivity contribution is -0.274.